The SMILES string of the molecule is COc1ccc(C)c(C23CCN(Cc4ccccc4)CCC2(O)C(C)N(CC2CC2)CC3)c1. The van der Waals surface area contributed by atoms with Crippen LogP contribution in [0.5, 0.6) is 5.75 Å². The van der Waals surface area contributed by atoms with E-state index in [0.29, 0.717) is 0 Å². The summed E-state index contributed by atoms with van der Waals surface area (Å²) in [6.45, 7) is 9.58. The Morgan fingerprint density at radius 3 is 2.45 bits per heavy atom. The molecule has 1 N–H and O–H groups in total. The Bertz CT molecular complexity index is 959. The molecular weight excluding hydrogens is 408 g/mol. The Balaban J connectivity index is 1.51. The molecule has 178 valence electrons. The Morgan fingerprint density at radius 2 is 1.73 bits per heavy atom. The Kier molecular flexibility index (Phi) is 6.28. The van der Waals surface area contributed by atoms with E-state index >= 15 is 0 Å². The summed E-state index contributed by atoms with van der Waals surface area (Å²) in [7, 11) is 1.74. The third kappa shape index (κ3) is 4.22. The van der Waals surface area contributed by atoms with Gasteiger partial charge in [-0.2, -0.15) is 0 Å². The van der Waals surface area contributed by atoms with Crippen molar-refractivity contribution in [3.05, 3.63) is 65.2 Å². The number of rotatable bonds is 6. The maximum Gasteiger partial charge on any atom is 0.119 e. The predicted octanol–water partition coefficient (Wildman–Crippen LogP) is 4.77. The van der Waals surface area contributed by atoms with E-state index in [9.17, 15) is 5.11 Å². The van der Waals surface area contributed by atoms with Gasteiger partial charge >= 0.3 is 0 Å². The number of hydrogen-bond acceptors (Lipinski definition) is 4. The normalized spacial score (nSPS) is 31.1. The van der Waals surface area contributed by atoms with E-state index in [4.69, 9.17) is 4.74 Å². The Morgan fingerprint density at radius 1 is 1.00 bits per heavy atom. The van der Waals surface area contributed by atoms with Crippen molar-refractivity contribution in [1.82, 2.24) is 9.80 Å². The summed E-state index contributed by atoms with van der Waals surface area (Å²) in [5, 5.41) is 12.7. The second kappa shape index (κ2) is 9.05. The summed E-state index contributed by atoms with van der Waals surface area (Å²) >= 11 is 0. The first-order valence-corrected chi connectivity index (χ1v) is 12.8. The zero-order chi connectivity index (χ0) is 23.1. The van der Waals surface area contributed by atoms with Gasteiger partial charge in [-0.25, -0.2) is 0 Å². The lowest BCUT2D eigenvalue weighted by Crippen LogP contribution is -2.68. The molecule has 0 bridgehead atoms. The molecule has 0 amide bonds. The summed E-state index contributed by atoms with van der Waals surface area (Å²) in [5.41, 5.74) is 2.90. The minimum absolute atomic E-state index is 0.147. The number of hydrogen-bond donors (Lipinski definition) is 1. The number of likely N-dealkylation sites (tertiary alicyclic amines) is 2. The number of aliphatic hydroxyl groups is 1. The summed E-state index contributed by atoms with van der Waals surface area (Å²) in [6, 6.07) is 17.4. The molecule has 3 atom stereocenters. The van der Waals surface area contributed by atoms with Gasteiger partial charge in [-0.3, -0.25) is 9.80 Å². The van der Waals surface area contributed by atoms with Gasteiger partial charge in [-0.05, 0) is 93.8 Å². The Labute approximate surface area is 199 Å². The van der Waals surface area contributed by atoms with Crippen LogP contribution in [0.2, 0.25) is 0 Å². The molecule has 1 saturated carbocycles. The molecule has 2 aliphatic heterocycles. The van der Waals surface area contributed by atoms with Crippen molar-refractivity contribution in [3.63, 3.8) is 0 Å². The molecule has 33 heavy (non-hydrogen) atoms. The third-order valence-corrected chi connectivity index (χ3v) is 8.96. The van der Waals surface area contributed by atoms with Crippen molar-refractivity contribution in [3.8, 4) is 5.75 Å². The summed E-state index contributed by atoms with van der Waals surface area (Å²) < 4.78 is 5.65. The van der Waals surface area contributed by atoms with Gasteiger partial charge in [0.25, 0.3) is 0 Å². The molecule has 0 radical (unpaired) electrons. The highest BCUT2D eigenvalue weighted by atomic mass is 16.5. The van der Waals surface area contributed by atoms with E-state index in [-0.39, 0.29) is 11.5 Å². The molecular formula is C29H40N2O2. The maximum atomic E-state index is 12.7. The molecule has 3 fully saturated rings. The topological polar surface area (TPSA) is 35.9 Å². The van der Waals surface area contributed by atoms with Crippen LogP contribution in [-0.2, 0) is 12.0 Å². The van der Waals surface area contributed by atoms with Gasteiger partial charge in [-0.1, -0.05) is 36.4 Å². The molecule has 2 heterocycles. The summed E-state index contributed by atoms with van der Waals surface area (Å²) in [5.74, 6) is 1.73. The monoisotopic (exact) mass is 448 g/mol. The molecule has 2 aromatic carbocycles. The van der Waals surface area contributed by atoms with Crippen LogP contribution < -0.4 is 4.74 Å². The fraction of sp³-hybridized carbons (Fsp3) is 0.586. The van der Waals surface area contributed by atoms with Gasteiger partial charge in [-0.15, -0.1) is 0 Å². The number of benzene rings is 2. The lowest BCUT2D eigenvalue weighted by molar-refractivity contribution is -0.136. The zero-order valence-corrected chi connectivity index (χ0v) is 20.6. The molecule has 2 saturated heterocycles. The Hall–Kier alpha value is -1.88. The fourth-order valence-corrected chi connectivity index (χ4v) is 6.65. The molecule has 5 rings (SSSR count). The first-order valence-electron chi connectivity index (χ1n) is 12.8. The molecule has 0 spiro atoms. The van der Waals surface area contributed by atoms with Crippen molar-refractivity contribution in [1.29, 1.82) is 0 Å². The van der Waals surface area contributed by atoms with Crippen LogP contribution in [-0.4, -0.2) is 59.8 Å². The van der Waals surface area contributed by atoms with Gasteiger partial charge in [0, 0.05) is 31.1 Å². The number of aryl methyl sites for hydroxylation is 1. The van der Waals surface area contributed by atoms with Gasteiger partial charge in [0.1, 0.15) is 5.75 Å². The summed E-state index contributed by atoms with van der Waals surface area (Å²) in [6.07, 6.45) is 5.50. The van der Waals surface area contributed by atoms with Crippen LogP contribution in [0.25, 0.3) is 0 Å². The van der Waals surface area contributed by atoms with Crippen LogP contribution in [0.4, 0.5) is 0 Å². The predicted molar refractivity (Wildman–Crippen MR) is 134 cm³/mol. The average molecular weight is 449 g/mol. The van der Waals surface area contributed by atoms with Crippen molar-refractivity contribution < 1.29 is 9.84 Å². The van der Waals surface area contributed by atoms with Gasteiger partial charge in [0.05, 0.1) is 12.7 Å². The van der Waals surface area contributed by atoms with E-state index in [1.54, 1.807) is 7.11 Å². The highest BCUT2D eigenvalue weighted by Crippen LogP contribution is 2.53. The smallest absolute Gasteiger partial charge is 0.119 e. The number of nitrogens with zero attached hydrogens (tertiary/aromatic N) is 2. The molecule has 2 aromatic rings. The average Bonchev–Trinajstić information content (AvgIpc) is 3.66. The van der Waals surface area contributed by atoms with Crippen LogP contribution in [0.3, 0.4) is 0 Å². The minimum atomic E-state index is -0.761. The molecule has 4 heteroatoms. The third-order valence-electron chi connectivity index (χ3n) is 8.96. The highest BCUT2D eigenvalue weighted by molar-refractivity contribution is 5.44. The molecule has 0 aromatic heterocycles. The maximum absolute atomic E-state index is 12.7. The number of methoxy groups -OCH3 is 1. The zero-order valence-electron chi connectivity index (χ0n) is 20.6. The number of ether oxygens (including phenoxy) is 1. The fourth-order valence-electron chi connectivity index (χ4n) is 6.65. The van der Waals surface area contributed by atoms with Crippen molar-refractivity contribution in [2.45, 2.75) is 69.6 Å². The van der Waals surface area contributed by atoms with Gasteiger partial charge in [0.2, 0.25) is 0 Å². The highest BCUT2D eigenvalue weighted by Gasteiger charge is 2.59. The molecule has 3 aliphatic rings. The van der Waals surface area contributed by atoms with Crippen LogP contribution >= 0.6 is 0 Å². The number of fused-ring (bicyclic) bond motifs is 1. The second-order valence-electron chi connectivity index (χ2n) is 10.8. The van der Waals surface area contributed by atoms with Crippen LogP contribution in [0.1, 0.15) is 55.7 Å². The minimum Gasteiger partial charge on any atom is -0.497 e. The van der Waals surface area contributed by atoms with E-state index < -0.39 is 5.60 Å². The second-order valence-corrected chi connectivity index (χ2v) is 10.8. The van der Waals surface area contributed by atoms with Crippen LogP contribution in [0, 0.1) is 12.8 Å². The van der Waals surface area contributed by atoms with Crippen molar-refractivity contribution in [2.24, 2.45) is 5.92 Å². The van der Waals surface area contributed by atoms with Gasteiger partial charge in [0.15, 0.2) is 0 Å². The first-order chi connectivity index (χ1) is 15.9. The largest absolute Gasteiger partial charge is 0.497 e. The van der Waals surface area contributed by atoms with Crippen molar-refractivity contribution >= 4 is 0 Å². The van der Waals surface area contributed by atoms with E-state index in [2.05, 4.69) is 72.2 Å². The molecule has 3 unspecified atom stereocenters. The first kappa shape index (κ1) is 22.9. The summed E-state index contributed by atoms with van der Waals surface area (Å²) in [4.78, 5) is 5.15. The van der Waals surface area contributed by atoms with E-state index in [1.165, 1.54) is 29.5 Å². The lowest BCUT2D eigenvalue weighted by atomic mass is 9.57. The lowest BCUT2D eigenvalue weighted by Gasteiger charge is -2.58. The van der Waals surface area contributed by atoms with E-state index in [1.807, 2.05) is 0 Å². The standard InChI is InChI=1S/C29H40N2O2/c1-22-9-12-26(33-3)19-27(22)28-13-16-30(20-24-7-5-4-6-8-24)17-15-29(28,32)23(2)31(18-14-28)21-25-10-11-25/h4-9,12,19,23,25,32H,10-11,13-18,20-21H2,1-3H3. The quantitative estimate of drug-likeness (QED) is 0.690. The molecule has 4 nitrogen and oxygen atoms in total. The van der Waals surface area contributed by atoms with Crippen LogP contribution in [0.15, 0.2) is 48.5 Å². The van der Waals surface area contributed by atoms with Crippen molar-refractivity contribution in [2.75, 3.05) is 33.3 Å². The number of piperidine rings is 1. The van der Waals surface area contributed by atoms with Gasteiger partial charge < -0.3 is 9.84 Å². The van der Waals surface area contributed by atoms with E-state index in [0.717, 1.165) is 63.7 Å². The molecule has 1 aliphatic carbocycles.